The first kappa shape index (κ1) is 7.54. The van der Waals surface area contributed by atoms with E-state index in [1.165, 1.54) is 0 Å². The Morgan fingerprint density at radius 3 is 2.50 bits per heavy atom. The molecule has 0 radical (unpaired) electrons. The van der Waals surface area contributed by atoms with Gasteiger partial charge in [-0.25, -0.2) is 4.79 Å². The Hall–Kier alpha value is -0.570. The molecule has 0 aromatic rings. The van der Waals surface area contributed by atoms with Gasteiger partial charge < -0.3 is 9.84 Å². The average molecular weight is 144 g/mol. The molecule has 3 nitrogen and oxygen atoms in total. The molecule has 0 bridgehead atoms. The van der Waals surface area contributed by atoms with Gasteiger partial charge in [-0.3, -0.25) is 0 Å². The lowest BCUT2D eigenvalue weighted by Gasteiger charge is -2.16. The van der Waals surface area contributed by atoms with Gasteiger partial charge in [0.25, 0.3) is 0 Å². The highest BCUT2D eigenvalue weighted by Gasteiger charge is 2.35. The van der Waals surface area contributed by atoms with Crippen molar-refractivity contribution in [3.05, 3.63) is 0 Å². The molecule has 0 amide bonds. The second kappa shape index (κ2) is 2.23. The van der Waals surface area contributed by atoms with Gasteiger partial charge in [0.15, 0.2) is 6.10 Å². The van der Waals surface area contributed by atoms with E-state index in [9.17, 15) is 4.79 Å². The molecular weight excluding hydrogens is 132 g/mol. The average Bonchev–Trinajstić information content (AvgIpc) is 2.10. The second-order valence-electron chi connectivity index (χ2n) is 3.24. The number of hydrogen-bond donors (Lipinski definition) is 1. The largest absolute Gasteiger partial charge is 0.479 e. The molecule has 1 aliphatic heterocycles. The molecule has 1 rings (SSSR count). The van der Waals surface area contributed by atoms with Crippen LogP contribution < -0.4 is 0 Å². The predicted octanol–water partition coefficient (Wildman–Crippen LogP) is 1.03. The minimum absolute atomic E-state index is 0.233. The summed E-state index contributed by atoms with van der Waals surface area (Å²) in [7, 11) is 0. The number of rotatable bonds is 1. The standard InChI is InChI=1S/C7H12O3/c1-7(2)4-3-5(10-7)6(8)9/h5H,3-4H2,1-2H3,(H,8,9)/t5-/m0/s1. The number of carboxylic acids is 1. The summed E-state index contributed by atoms with van der Waals surface area (Å²) in [6.45, 7) is 3.83. The highest BCUT2D eigenvalue weighted by Crippen LogP contribution is 2.29. The van der Waals surface area contributed by atoms with Crippen LogP contribution in [0.25, 0.3) is 0 Å². The van der Waals surface area contributed by atoms with E-state index in [2.05, 4.69) is 0 Å². The topological polar surface area (TPSA) is 46.5 Å². The number of hydrogen-bond acceptors (Lipinski definition) is 2. The van der Waals surface area contributed by atoms with Crippen molar-refractivity contribution in [2.24, 2.45) is 0 Å². The maximum absolute atomic E-state index is 10.4. The molecule has 0 aromatic carbocycles. The van der Waals surface area contributed by atoms with Crippen molar-refractivity contribution in [3.8, 4) is 0 Å². The van der Waals surface area contributed by atoms with E-state index in [1.807, 2.05) is 13.8 Å². The van der Waals surface area contributed by atoms with Gasteiger partial charge in [0.2, 0.25) is 0 Å². The molecule has 0 aliphatic carbocycles. The minimum Gasteiger partial charge on any atom is -0.479 e. The molecule has 1 aliphatic rings. The van der Waals surface area contributed by atoms with Crippen molar-refractivity contribution >= 4 is 5.97 Å². The molecule has 10 heavy (non-hydrogen) atoms. The Kier molecular flexibility index (Phi) is 1.68. The third-order valence-electron chi connectivity index (χ3n) is 1.75. The van der Waals surface area contributed by atoms with Crippen LogP contribution in [0.1, 0.15) is 26.7 Å². The van der Waals surface area contributed by atoms with Crippen LogP contribution in [0, 0.1) is 0 Å². The van der Waals surface area contributed by atoms with Gasteiger partial charge in [-0.1, -0.05) is 0 Å². The summed E-state index contributed by atoms with van der Waals surface area (Å²) in [6, 6.07) is 0. The highest BCUT2D eigenvalue weighted by atomic mass is 16.5. The lowest BCUT2D eigenvalue weighted by molar-refractivity contribution is -0.152. The summed E-state index contributed by atoms with van der Waals surface area (Å²) in [5, 5.41) is 8.52. The van der Waals surface area contributed by atoms with E-state index in [0.717, 1.165) is 6.42 Å². The molecule has 0 saturated carbocycles. The third-order valence-corrected chi connectivity index (χ3v) is 1.75. The fourth-order valence-corrected chi connectivity index (χ4v) is 1.16. The molecule has 1 saturated heterocycles. The monoisotopic (exact) mass is 144 g/mol. The third kappa shape index (κ3) is 1.48. The van der Waals surface area contributed by atoms with E-state index < -0.39 is 12.1 Å². The Morgan fingerprint density at radius 1 is 1.70 bits per heavy atom. The zero-order chi connectivity index (χ0) is 7.78. The van der Waals surface area contributed by atoms with Crippen molar-refractivity contribution in [1.82, 2.24) is 0 Å². The smallest absolute Gasteiger partial charge is 0.332 e. The molecule has 0 unspecified atom stereocenters. The van der Waals surface area contributed by atoms with Gasteiger partial charge in [-0.2, -0.15) is 0 Å². The molecule has 0 aromatic heterocycles. The first-order valence-corrected chi connectivity index (χ1v) is 3.42. The van der Waals surface area contributed by atoms with Gasteiger partial charge in [0, 0.05) is 0 Å². The molecule has 1 fully saturated rings. The number of carbonyl (C=O) groups is 1. The Labute approximate surface area is 60.0 Å². The van der Waals surface area contributed by atoms with Crippen LogP contribution in [-0.2, 0) is 9.53 Å². The minimum atomic E-state index is -0.842. The van der Waals surface area contributed by atoms with Crippen molar-refractivity contribution in [2.75, 3.05) is 0 Å². The molecule has 58 valence electrons. The van der Waals surface area contributed by atoms with Crippen LogP contribution in [0.15, 0.2) is 0 Å². The number of ether oxygens (including phenoxy) is 1. The lowest BCUT2D eigenvalue weighted by Crippen LogP contribution is -2.25. The summed E-state index contributed by atoms with van der Waals surface area (Å²) in [4.78, 5) is 10.4. The summed E-state index contributed by atoms with van der Waals surface area (Å²) >= 11 is 0. The number of carboxylic acid groups (broad SMARTS) is 1. The zero-order valence-corrected chi connectivity index (χ0v) is 6.26. The van der Waals surface area contributed by atoms with Crippen molar-refractivity contribution in [3.63, 3.8) is 0 Å². The summed E-state index contributed by atoms with van der Waals surface area (Å²) < 4.78 is 5.21. The first-order valence-electron chi connectivity index (χ1n) is 3.42. The van der Waals surface area contributed by atoms with Crippen molar-refractivity contribution in [1.29, 1.82) is 0 Å². The molecule has 1 atom stereocenters. The summed E-state index contributed by atoms with van der Waals surface area (Å²) in [5.74, 6) is -0.842. The molecule has 1 heterocycles. The maximum atomic E-state index is 10.4. The van der Waals surface area contributed by atoms with Gasteiger partial charge in [-0.05, 0) is 26.7 Å². The molecule has 0 spiro atoms. The summed E-state index contributed by atoms with van der Waals surface area (Å²) in [5.41, 5.74) is -0.233. The van der Waals surface area contributed by atoms with Gasteiger partial charge in [0.1, 0.15) is 0 Å². The van der Waals surface area contributed by atoms with Crippen molar-refractivity contribution in [2.45, 2.75) is 38.4 Å². The SMILES string of the molecule is CC1(C)CC[C@@H](C(=O)O)O1. The molecule has 1 N–H and O–H groups in total. The fourth-order valence-electron chi connectivity index (χ4n) is 1.16. The van der Waals surface area contributed by atoms with Crippen molar-refractivity contribution < 1.29 is 14.6 Å². The van der Waals surface area contributed by atoms with Crippen LogP contribution in [-0.4, -0.2) is 22.8 Å². The fraction of sp³-hybridized carbons (Fsp3) is 0.857. The normalized spacial score (nSPS) is 30.4. The van der Waals surface area contributed by atoms with E-state index in [1.54, 1.807) is 0 Å². The van der Waals surface area contributed by atoms with E-state index in [0.29, 0.717) is 6.42 Å². The van der Waals surface area contributed by atoms with Gasteiger partial charge in [-0.15, -0.1) is 0 Å². The van der Waals surface area contributed by atoms with Gasteiger partial charge in [0.05, 0.1) is 5.60 Å². The highest BCUT2D eigenvalue weighted by molar-refractivity contribution is 5.72. The first-order chi connectivity index (χ1) is 4.51. The predicted molar refractivity (Wildman–Crippen MR) is 35.8 cm³/mol. The quantitative estimate of drug-likeness (QED) is 0.597. The Morgan fingerprint density at radius 2 is 2.30 bits per heavy atom. The zero-order valence-electron chi connectivity index (χ0n) is 6.26. The molecular formula is C7H12O3. The van der Waals surface area contributed by atoms with Crippen LogP contribution in [0.4, 0.5) is 0 Å². The Balaban J connectivity index is 2.51. The van der Waals surface area contributed by atoms with Crippen LogP contribution >= 0.6 is 0 Å². The van der Waals surface area contributed by atoms with E-state index >= 15 is 0 Å². The van der Waals surface area contributed by atoms with Crippen LogP contribution in [0.3, 0.4) is 0 Å². The van der Waals surface area contributed by atoms with E-state index in [4.69, 9.17) is 9.84 Å². The number of aliphatic carboxylic acids is 1. The summed E-state index contributed by atoms with van der Waals surface area (Å²) in [6.07, 6.45) is 0.904. The second-order valence-corrected chi connectivity index (χ2v) is 3.24. The Bertz CT molecular complexity index is 151. The van der Waals surface area contributed by atoms with Gasteiger partial charge >= 0.3 is 5.97 Å². The van der Waals surface area contributed by atoms with E-state index in [-0.39, 0.29) is 5.60 Å². The maximum Gasteiger partial charge on any atom is 0.332 e. The lowest BCUT2D eigenvalue weighted by atomic mass is 10.1. The van der Waals surface area contributed by atoms with Crippen LogP contribution in [0.2, 0.25) is 0 Å². The molecule has 3 heteroatoms. The van der Waals surface area contributed by atoms with Crippen LogP contribution in [0.5, 0.6) is 0 Å².